The Bertz CT molecular complexity index is 733. The zero-order valence-corrected chi connectivity index (χ0v) is 16.1. The number of methoxy groups -OCH3 is 1. The Morgan fingerprint density at radius 1 is 1.20 bits per heavy atom. The summed E-state index contributed by atoms with van der Waals surface area (Å²) in [5.41, 5.74) is 2.18. The van der Waals surface area contributed by atoms with Crippen molar-refractivity contribution in [2.45, 2.75) is 46.7 Å². The third-order valence-electron chi connectivity index (χ3n) is 4.44. The van der Waals surface area contributed by atoms with Crippen LogP contribution in [0.4, 0.5) is 0 Å². The van der Waals surface area contributed by atoms with Crippen molar-refractivity contribution in [1.82, 2.24) is 15.2 Å². The highest BCUT2D eigenvalue weighted by molar-refractivity contribution is 5.98. The van der Waals surface area contributed by atoms with Gasteiger partial charge in [-0.1, -0.05) is 0 Å². The van der Waals surface area contributed by atoms with Crippen molar-refractivity contribution >= 4 is 16.8 Å². The number of hydrogen-bond acceptors (Lipinski definition) is 4. The highest BCUT2D eigenvalue weighted by atomic mass is 16.5. The average Bonchev–Trinajstić information content (AvgIpc) is 2.56. The molecule has 0 aliphatic rings. The van der Waals surface area contributed by atoms with Crippen LogP contribution in [0.5, 0.6) is 5.75 Å². The zero-order chi connectivity index (χ0) is 18.6. The van der Waals surface area contributed by atoms with E-state index in [0.29, 0.717) is 24.2 Å². The molecule has 5 nitrogen and oxygen atoms in total. The molecule has 1 amide bonds. The minimum absolute atomic E-state index is 0.0739. The summed E-state index contributed by atoms with van der Waals surface area (Å²) in [6.07, 6.45) is 0. The van der Waals surface area contributed by atoms with Crippen LogP contribution in [-0.4, -0.2) is 48.1 Å². The number of amides is 1. The average molecular weight is 343 g/mol. The van der Waals surface area contributed by atoms with Gasteiger partial charge in [0.05, 0.1) is 23.9 Å². The molecule has 0 bridgehead atoms. The van der Waals surface area contributed by atoms with Crippen LogP contribution in [-0.2, 0) is 0 Å². The van der Waals surface area contributed by atoms with E-state index in [1.807, 2.05) is 31.2 Å². The topological polar surface area (TPSA) is 54.5 Å². The van der Waals surface area contributed by atoms with E-state index >= 15 is 0 Å². The summed E-state index contributed by atoms with van der Waals surface area (Å²) in [5.74, 6) is 0.689. The smallest absolute Gasteiger partial charge is 0.253 e. The second kappa shape index (κ2) is 8.30. The van der Waals surface area contributed by atoms with Gasteiger partial charge in [0.1, 0.15) is 5.75 Å². The summed E-state index contributed by atoms with van der Waals surface area (Å²) in [5, 5.41) is 3.95. The van der Waals surface area contributed by atoms with Gasteiger partial charge in [-0.15, -0.1) is 0 Å². The predicted octanol–water partition coefficient (Wildman–Crippen LogP) is 3.40. The van der Waals surface area contributed by atoms with Gasteiger partial charge in [-0.2, -0.15) is 0 Å². The summed E-state index contributed by atoms with van der Waals surface area (Å²) < 4.78 is 5.23. The normalized spacial score (nSPS) is 11.6. The Balaban J connectivity index is 2.10. The number of fused-ring (bicyclic) bond motifs is 1. The van der Waals surface area contributed by atoms with Crippen LogP contribution in [0.1, 0.15) is 43.7 Å². The van der Waals surface area contributed by atoms with Crippen LogP contribution >= 0.6 is 0 Å². The maximum atomic E-state index is 12.6. The molecule has 0 saturated carbocycles. The SMILES string of the molecule is COc1ccc2cc(C(=O)NCCN(C(C)C)C(C)C)c(C)nc2c1. The van der Waals surface area contributed by atoms with Gasteiger partial charge >= 0.3 is 0 Å². The van der Waals surface area contributed by atoms with E-state index < -0.39 is 0 Å². The molecule has 1 N–H and O–H groups in total. The molecule has 25 heavy (non-hydrogen) atoms. The van der Waals surface area contributed by atoms with Crippen LogP contribution < -0.4 is 10.1 Å². The first-order chi connectivity index (χ1) is 11.8. The van der Waals surface area contributed by atoms with Crippen molar-refractivity contribution in [2.75, 3.05) is 20.2 Å². The zero-order valence-electron chi connectivity index (χ0n) is 16.1. The van der Waals surface area contributed by atoms with E-state index in [-0.39, 0.29) is 5.91 Å². The lowest BCUT2D eigenvalue weighted by Crippen LogP contribution is -2.42. The highest BCUT2D eigenvalue weighted by Crippen LogP contribution is 2.21. The fourth-order valence-electron chi connectivity index (χ4n) is 3.11. The first-order valence-electron chi connectivity index (χ1n) is 8.82. The Kier molecular flexibility index (Phi) is 6.37. The quantitative estimate of drug-likeness (QED) is 0.837. The predicted molar refractivity (Wildman–Crippen MR) is 102 cm³/mol. The van der Waals surface area contributed by atoms with Gasteiger partial charge in [-0.25, -0.2) is 0 Å². The molecule has 0 aliphatic heterocycles. The Morgan fingerprint density at radius 2 is 1.88 bits per heavy atom. The van der Waals surface area contributed by atoms with E-state index in [1.165, 1.54) is 0 Å². The molecule has 1 aromatic carbocycles. The van der Waals surface area contributed by atoms with Crippen LogP contribution in [0.15, 0.2) is 24.3 Å². The fraction of sp³-hybridized carbons (Fsp3) is 0.500. The van der Waals surface area contributed by atoms with Crippen molar-refractivity contribution in [2.24, 2.45) is 0 Å². The molecule has 0 aliphatic carbocycles. The van der Waals surface area contributed by atoms with Crippen molar-refractivity contribution in [1.29, 1.82) is 0 Å². The van der Waals surface area contributed by atoms with E-state index in [1.54, 1.807) is 7.11 Å². The maximum Gasteiger partial charge on any atom is 0.253 e. The van der Waals surface area contributed by atoms with Gasteiger partial charge in [-0.3, -0.25) is 14.7 Å². The molecule has 0 unspecified atom stereocenters. The van der Waals surface area contributed by atoms with Gasteiger partial charge < -0.3 is 10.1 Å². The molecule has 0 saturated heterocycles. The molecule has 2 aromatic rings. The Morgan fingerprint density at radius 3 is 2.48 bits per heavy atom. The summed E-state index contributed by atoms with van der Waals surface area (Å²) in [6, 6.07) is 8.50. The number of hydrogen-bond donors (Lipinski definition) is 1. The molecule has 0 radical (unpaired) electrons. The van der Waals surface area contributed by atoms with E-state index in [2.05, 4.69) is 42.9 Å². The molecule has 1 heterocycles. The minimum Gasteiger partial charge on any atom is -0.497 e. The van der Waals surface area contributed by atoms with Gasteiger partial charge in [0.25, 0.3) is 5.91 Å². The molecule has 5 heteroatoms. The number of benzene rings is 1. The molecular formula is C20H29N3O2. The van der Waals surface area contributed by atoms with Crippen LogP contribution in [0.3, 0.4) is 0 Å². The van der Waals surface area contributed by atoms with Gasteiger partial charge in [0.2, 0.25) is 0 Å². The molecule has 136 valence electrons. The number of carbonyl (C=O) groups is 1. The van der Waals surface area contributed by atoms with E-state index in [0.717, 1.165) is 28.9 Å². The first kappa shape index (κ1) is 19.2. The number of rotatable bonds is 7. The third-order valence-corrected chi connectivity index (χ3v) is 4.44. The van der Waals surface area contributed by atoms with Crippen LogP contribution in [0, 0.1) is 6.92 Å². The third kappa shape index (κ3) is 4.69. The molecule has 2 rings (SSSR count). The van der Waals surface area contributed by atoms with Crippen molar-refractivity contribution in [3.63, 3.8) is 0 Å². The summed E-state index contributed by atoms with van der Waals surface area (Å²) in [7, 11) is 1.63. The maximum absolute atomic E-state index is 12.6. The molecule has 0 atom stereocenters. The van der Waals surface area contributed by atoms with Gasteiger partial charge in [0.15, 0.2) is 0 Å². The lowest BCUT2D eigenvalue weighted by molar-refractivity contribution is 0.0938. The van der Waals surface area contributed by atoms with Gasteiger partial charge in [0, 0.05) is 36.6 Å². The highest BCUT2D eigenvalue weighted by Gasteiger charge is 2.15. The van der Waals surface area contributed by atoms with Crippen LogP contribution in [0.2, 0.25) is 0 Å². The monoisotopic (exact) mass is 343 g/mol. The lowest BCUT2D eigenvalue weighted by atomic mass is 10.1. The number of aryl methyl sites for hydroxylation is 1. The number of carbonyl (C=O) groups excluding carboxylic acids is 1. The Hall–Kier alpha value is -2.14. The standard InChI is InChI=1S/C20H29N3O2/c1-13(2)23(14(3)4)10-9-21-20(24)18-11-16-7-8-17(25-6)12-19(16)22-15(18)5/h7-8,11-14H,9-10H2,1-6H3,(H,21,24). The van der Waals surface area contributed by atoms with E-state index in [9.17, 15) is 4.79 Å². The lowest BCUT2D eigenvalue weighted by Gasteiger charge is -2.30. The van der Waals surface area contributed by atoms with Crippen LogP contribution in [0.25, 0.3) is 10.9 Å². The molecule has 1 aromatic heterocycles. The van der Waals surface area contributed by atoms with Gasteiger partial charge in [-0.05, 0) is 52.8 Å². The summed E-state index contributed by atoms with van der Waals surface area (Å²) in [4.78, 5) is 19.5. The van der Waals surface area contributed by atoms with Crippen molar-refractivity contribution < 1.29 is 9.53 Å². The minimum atomic E-state index is -0.0739. The number of nitrogens with zero attached hydrogens (tertiary/aromatic N) is 2. The summed E-state index contributed by atoms with van der Waals surface area (Å²) in [6.45, 7) is 12.0. The Labute approximate surface area is 150 Å². The number of pyridine rings is 1. The second-order valence-corrected chi connectivity index (χ2v) is 6.86. The van der Waals surface area contributed by atoms with E-state index in [4.69, 9.17) is 4.74 Å². The second-order valence-electron chi connectivity index (χ2n) is 6.86. The number of ether oxygens (including phenoxy) is 1. The summed E-state index contributed by atoms with van der Waals surface area (Å²) >= 11 is 0. The molecular weight excluding hydrogens is 314 g/mol. The molecule has 0 fully saturated rings. The van der Waals surface area contributed by atoms with Crippen molar-refractivity contribution in [3.8, 4) is 5.75 Å². The van der Waals surface area contributed by atoms with Crippen molar-refractivity contribution in [3.05, 3.63) is 35.5 Å². The first-order valence-corrected chi connectivity index (χ1v) is 8.82. The molecule has 0 spiro atoms. The number of nitrogens with one attached hydrogen (secondary N) is 1. The fourth-order valence-corrected chi connectivity index (χ4v) is 3.11. The number of aromatic nitrogens is 1. The largest absolute Gasteiger partial charge is 0.497 e.